The lowest BCUT2D eigenvalue weighted by molar-refractivity contribution is 0.397. The van der Waals surface area contributed by atoms with Crippen molar-refractivity contribution in [1.29, 1.82) is 0 Å². The zero-order valence-electron chi connectivity index (χ0n) is 9.83. The third-order valence-electron chi connectivity index (χ3n) is 2.56. The molecule has 2 nitrogen and oxygen atoms in total. The molecule has 0 heterocycles. The molecule has 0 aliphatic rings. The van der Waals surface area contributed by atoms with Crippen molar-refractivity contribution in [3.8, 4) is 0 Å². The second-order valence-corrected chi connectivity index (χ2v) is 4.50. The predicted molar refractivity (Wildman–Crippen MR) is 73.9 cm³/mol. The Balaban J connectivity index is 2.77. The van der Waals surface area contributed by atoms with Crippen molar-refractivity contribution in [1.82, 2.24) is 10.2 Å². The lowest BCUT2D eigenvalue weighted by atomic mass is 10.1. The minimum atomic E-state index is 0.213. The van der Waals surface area contributed by atoms with Crippen LogP contribution < -0.4 is 5.32 Å². The van der Waals surface area contributed by atoms with Gasteiger partial charge in [-0.05, 0) is 43.8 Å². The van der Waals surface area contributed by atoms with Gasteiger partial charge in [0.2, 0.25) is 0 Å². The summed E-state index contributed by atoms with van der Waals surface area (Å²) in [6.07, 6.45) is 0. The second-order valence-electron chi connectivity index (χ2n) is 3.68. The summed E-state index contributed by atoms with van der Waals surface area (Å²) in [5.74, 6) is 0. The van der Waals surface area contributed by atoms with E-state index in [0.29, 0.717) is 0 Å². The van der Waals surface area contributed by atoms with Gasteiger partial charge >= 0.3 is 0 Å². The van der Waals surface area contributed by atoms with Crippen molar-refractivity contribution in [2.75, 3.05) is 13.6 Å². The molecule has 0 fully saturated rings. The van der Waals surface area contributed by atoms with Crippen molar-refractivity contribution in [2.24, 2.45) is 0 Å². The Labute approximate surface area is 108 Å². The zero-order chi connectivity index (χ0) is 12.1. The Morgan fingerprint density at radius 2 is 2.25 bits per heavy atom. The van der Waals surface area contributed by atoms with Crippen LogP contribution in [0.4, 0.5) is 0 Å². The van der Waals surface area contributed by atoms with E-state index >= 15 is 0 Å². The number of nitrogens with zero attached hydrogens (tertiary/aromatic N) is 1. The molecular weight excluding hydrogens is 240 g/mol. The Hall–Kier alpha value is -0.800. The number of hydrogen-bond acceptors (Lipinski definition) is 1. The van der Waals surface area contributed by atoms with Gasteiger partial charge in [0.1, 0.15) is 0 Å². The molecule has 4 heteroatoms. The van der Waals surface area contributed by atoms with Gasteiger partial charge in [-0.15, -0.1) is 0 Å². The van der Waals surface area contributed by atoms with E-state index in [9.17, 15) is 0 Å². The molecule has 0 saturated heterocycles. The summed E-state index contributed by atoms with van der Waals surface area (Å²) in [4.78, 5) is 2.03. The van der Waals surface area contributed by atoms with Crippen molar-refractivity contribution in [3.63, 3.8) is 0 Å². The standard InChI is InChI=1S/C12H17ClN2S/c1-4-14-12(16)15(3)9(2)10-6-5-7-11(13)8-10/h5-9H,4H2,1-3H3,(H,14,16). The molecule has 0 amide bonds. The van der Waals surface area contributed by atoms with Gasteiger partial charge in [-0.2, -0.15) is 0 Å². The van der Waals surface area contributed by atoms with Crippen LogP contribution in [-0.2, 0) is 0 Å². The first kappa shape index (κ1) is 13.3. The molecule has 16 heavy (non-hydrogen) atoms. The Morgan fingerprint density at radius 1 is 1.56 bits per heavy atom. The van der Waals surface area contributed by atoms with Crippen molar-refractivity contribution in [3.05, 3.63) is 34.9 Å². The molecule has 1 atom stereocenters. The summed E-state index contributed by atoms with van der Waals surface area (Å²) >= 11 is 11.2. The van der Waals surface area contributed by atoms with E-state index in [4.69, 9.17) is 23.8 Å². The lowest BCUT2D eigenvalue weighted by Gasteiger charge is -2.28. The highest BCUT2D eigenvalue weighted by Gasteiger charge is 2.13. The fourth-order valence-electron chi connectivity index (χ4n) is 1.44. The summed E-state index contributed by atoms with van der Waals surface area (Å²) in [6, 6.07) is 8.07. The van der Waals surface area contributed by atoms with Crippen LogP contribution in [0.1, 0.15) is 25.5 Å². The maximum atomic E-state index is 5.97. The molecule has 1 aromatic carbocycles. The van der Waals surface area contributed by atoms with Crippen molar-refractivity contribution in [2.45, 2.75) is 19.9 Å². The van der Waals surface area contributed by atoms with Gasteiger partial charge in [0.25, 0.3) is 0 Å². The average Bonchev–Trinajstić information content (AvgIpc) is 2.27. The molecule has 1 N–H and O–H groups in total. The first-order chi connectivity index (χ1) is 7.56. The molecule has 1 aromatic rings. The molecule has 0 saturated carbocycles. The van der Waals surface area contributed by atoms with E-state index < -0.39 is 0 Å². The zero-order valence-corrected chi connectivity index (χ0v) is 11.4. The predicted octanol–water partition coefficient (Wildman–Crippen LogP) is 3.23. The monoisotopic (exact) mass is 256 g/mol. The number of benzene rings is 1. The van der Waals surface area contributed by atoms with Crippen LogP contribution in [0, 0.1) is 0 Å². The first-order valence-electron chi connectivity index (χ1n) is 5.32. The van der Waals surface area contributed by atoms with Gasteiger partial charge in [-0.25, -0.2) is 0 Å². The van der Waals surface area contributed by atoms with E-state index in [2.05, 4.69) is 18.3 Å². The molecule has 0 spiro atoms. The first-order valence-corrected chi connectivity index (χ1v) is 6.11. The van der Waals surface area contributed by atoms with Gasteiger partial charge < -0.3 is 10.2 Å². The molecule has 0 aromatic heterocycles. The normalized spacial score (nSPS) is 12.0. The Morgan fingerprint density at radius 3 is 2.81 bits per heavy atom. The summed E-state index contributed by atoms with van der Waals surface area (Å²) in [6.45, 7) is 4.98. The molecule has 1 unspecified atom stereocenters. The maximum absolute atomic E-state index is 5.97. The number of nitrogens with one attached hydrogen (secondary N) is 1. The highest BCUT2D eigenvalue weighted by Crippen LogP contribution is 2.21. The molecule has 1 rings (SSSR count). The van der Waals surface area contributed by atoms with E-state index in [-0.39, 0.29) is 6.04 Å². The second kappa shape index (κ2) is 6.06. The largest absolute Gasteiger partial charge is 0.363 e. The Kier molecular flexibility index (Phi) is 5.03. The molecular formula is C12H17ClN2S. The van der Waals surface area contributed by atoms with Crippen LogP contribution in [-0.4, -0.2) is 23.6 Å². The topological polar surface area (TPSA) is 15.3 Å². The van der Waals surface area contributed by atoms with E-state index in [0.717, 1.165) is 22.2 Å². The third kappa shape index (κ3) is 3.35. The number of halogens is 1. The summed E-state index contributed by atoms with van der Waals surface area (Å²) in [5, 5.41) is 4.65. The van der Waals surface area contributed by atoms with Crippen molar-refractivity contribution >= 4 is 28.9 Å². The molecule has 0 aliphatic carbocycles. The van der Waals surface area contributed by atoms with Gasteiger partial charge in [0, 0.05) is 18.6 Å². The van der Waals surface area contributed by atoms with Gasteiger partial charge in [0.15, 0.2) is 5.11 Å². The van der Waals surface area contributed by atoms with Gasteiger partial charge in [0.05, 0.1) is 6.04 Å². The van der Waals surface area contributed by atoms with Crippen LogP contribution in [0.15, 0.2) is 24.3 Å². The van der Waals surface area contributed by atoms with Gasteiger partial charge in [-0.3, -0.25) is 0 Å². The van der Waals surface area contributed by atoms with E-state index in [1.54, 1.807) is 0 Å². The quantitative estimate of drug-likeness (QED) is 0.836. The number of rotatable bonds is 3. The smallest absolute Gasteiger partial charge is 0.169 e. The molecule has 0 radical (unpaired) electrons. The highest BCUT2D eigenvalue weighted by atomic mass is 35.5. The summed E-state index contributed by atoms with van der Waals surface area (Å²) < 4.78 is 0. The number of thiocarbonyl (C=S) groups is 1. The number of hydrogen-bond donors (Lipinski definition) is 1. The van der Waals surface area contributed by atoms with E-state index in [1.807, 2.05) is 37.1 Å². The fourth-order valence-corrected chi connectivity index (χ4v) is 1.94. The lowest BCUT2D eigenvalue weighted by Crippen LogP contribution is -2.38. The van der Waals surface area contributed by atoms with Crippen LogP contribution in [0.25, 0.3) is 0 Å². The van der Waals surface area contributed by atoms with Crippen LogP contribution in [0.2, 0.25) is 5.02 Å². The van der Waals surface area contributed by atoms with Crippen LogP contribution >= 0.6 is 23.8 Å². The summed E-state index contributed by atoms with van der Waals surface area (Å²) in [5.41, 5.74) is 1.16. The minimum absolute atomic E-state index is 0.213. The molecule has 0 bridgehead atoms. The third-order valence-corrected chi connectivity index (χ3v) is 3.23. The highest BCUT2D eigenvalue weighted by molar-refractivity contribution is 7.80. The summed E-state index contributed by atoms with van der Waals surface area (Å²) in [7, 11) is 1.98. The molecule has 0 aliphatic heterocycles. The maximum Gasteiger partial charge on any atom is 0.169 e. The average molecular weight is 257 g/mol. The van der Waals surface area contributed by atoms with Crippen LogP contribution in [0.3, 0.4) is 0 Å². The van der Waals surface area contributed by atoms with Crippen LogP contribution in [0.5, 0.6) is 0 Å². The SMILES string of the molecule is CCNC(=S)N(C)C(C)c1cccc(Cl)c1. The fraction of sp³-hybridized carbons (Fsp3) is 0.417. The minimum Gasteiger partial charge on any atom is -0.363 e. The van der Waals surface area contributed by atoms with Crippen molar-refractivity contribution < 1.29 is 0 Å². The van der Waals surface area contributed by atoms with Gasteiger partial charge in [-0.1, -0.05) is 23.7 Å². The molecule has 88 valence electrons. The van der Waals surface area contributed by atoms with E-state index in [1.165, 1.54) is 0 Å². The Bertz CT molecular complexity index is 368.